The van der Waals surface area contributed by atoms with Crippen LogP contribution in [0.2, 0.25) is 0 Å². The lowest BCUT2D eigenvalue weighted by molar-refractivity contribution is 0.203. The van der Waals surface area contributed by atoms with Gasteiger partial charge in [0.25, 0.3) is 0 Å². The Labute approximate surface area is 129 Å². The molecule has 0 saturated heterocycles. The van der Waals surface area contributed by atoms with Crippen molar-refractivity contribution in [3.63, 3.8) is 0 Å². The van der Waals surface area contributed by atoms with Crippen LogP contribution in [0.3, 0.4) is 0 Å². The van der Waals surface area contributed by atoms with Gasteiger partial charge in [-0.3, -0.25) is 4.99 Å². The highest BCUT2D eigenvalue weighted by Crippen LogP contribution is 1.92. The van der Waals surface area contributed by atoms with Gasteiger partial charge in [0.15, 0.2) is 5.96 Å². The number of rotatable bonds is 8. The van der Waals surface area contributed by atoms with Crippen LogP contribution in [-0.2, 0) is 4.74 Å². The lowest BCUT2D eigenvalue weighted by Gasteiger charge is -2.20. The molecule has 2 N–H and O–H groups in total. The van der Waals surface area contributed by atoms with E-state index in [-0.39, 0.29) is 24.0 Å². The fourth-order valence-corrected chi connectivity index (χ4v) is 1.19. The van der Waals surface area contributed by atoms with Crippen LogP contribution < -0.4 is 10.6 Å². The molecule has 6 heteroatoms. The van der Waals surface area contributed by atoms with E-state index < -0.39 is 0 Å². The average Bonchev–Trinajstić information content (AvgIpc) is 2.29. The van der Waals surface area contributed by atoms with Crippen molar-refractivity contribution < 1.29 is 4.74 Å². The molecular formula is C12H29IN4O. The van der Waals surface area contributed by atoms with Crippen molar-refractivity contribution in [2.45, 2.75) is 26.8 Å². The lowest BCUT2D eigenvalue weighted by atomic mass is 10.3. The Bertz CT molecular complexity index is 212. The maximum atomic E-state index is 4.99. The van der Waals surface area contributed by atoms with Crippen LogP contribution in [0.1, 0.15) is 20.8 Å². The van der Waals surface area contributed by atoms with E-state index >= 15 is 0 Å². The Kier molecular flexibility index (Phi) is 15.0. The van der Waals surface area contributed by atoms with E-state index in [2.05, 4.69) is 48.3 Å². The molecule has 0 unspecified atom stereocenters. The van der Waals surface area contributed by atoms with Crippen molar-refractivity contribution in [3.8, 4) is 0 Å². The molecule has 5 nitrogen and oxygen atoms in total. The zero-order valence-electron chi connectivity index (χ0n) is 12.3. The molecule has 18 heavy (non-hydrogen) atoms. The second-order valence-corrected chi connectivity index (χ2v) is 4.25. The molecule has 0 bridgehead atoms. The number of hydrogen-bond donors (Lipinski definition) is 2. The summed E-state index contributed by atoms with van der Waals surface area (Å²) < 4.78 is 4.99. The third-order valence-corrected chi connectivity index (χ3v) is 2.55. The van der Waals surface area contributed by atoms with Crippen LogP contribution in [0.4, 0.5) is 0 Å². The molecule has 110 valence electrons. The van der Waals surface area contributed by atoms with E-state index in [1.807, 2.05) is 0 Å². The maximum absolute atomic E-state index is 4.99. The van der Waals surface area contributed by atoms with Crippen molar-refractivity contribution >= 4 is 29.9 Å². The molecule has 0 aliphatic carbocycles. The van der Waals surface area contributed by atoms with Gasteiger partial charge in [0, 0.05) is 32.8 Å². The Morgan fingerprint density at radius 3 is 2.50 bits per heavy atom. The lowest BCUT2D eigenvalue weighted by Crippen LogP contribution is -2.39. The van der Waals surface area contributed by atoms with Gasteiger partial charge in [-0.2, -0.15) is 0 Å². The molecule has 0 aromatic rings. The van der Waals surface area contributed by atoms with Crippen LogP contribution in [0, 0.1) is 0 Å². The summed E-state index contributed by atoms with van der Waals surface area (Å²) in [6.07, 6.45) is 0. The van der Waals surface area contributed by atoms with Crippen LogP contribution >= 0.6 is 24.0 Å². The highest BCUT2D eigenvalue weighted by atomic mass is 127. The fourth-order valence-electron chi connectivity index (χ4n) is 1.19. The van der Waals surface area contributed by atoms with Crippen LogP contribution in [-0.4, -0.2) is 63.8 Å². The van der Waals surface area contributed by atoms with Gasteiger partial charge in [0.2, 0.25) is 0 Å². The number of nitrogens with one attached hydrogen (secondary N) is 2. The number of aliphatic imine (C=N–C) groups is 1. The minimum Gasteiger partial charge on any atom is -0.383 e. The van der Waals surface area contributed by atoms with Crippen molar-refractivity contribution in [2.24, 2.45) is 4.99 Å². The Morgan fingerprint density at radius 1 is 1.33 bits per heavy atom. The molecule has 0 spiro atoms. The second-order valence-electron chi connectivity index (χ2n) is 4.25. The predicted molar refractivity (Wildman–Crippen MR) is 89.0 cm³/mol. The molecule has 0 rings (SSSR count). The van der Waals surface area contributed by atoms with E-state index in [4.69, 9.17) is 4.74 Å². The first-order valence-electron chi connectivity index (χ1n) is 6.33. The summed E-state index contributed by atoms with van der Waals surface area (Å²) in [5.41, 5.74) is 0. The van der Waals surface area contributed by atoms with Gasteiger partial charge in [0.05, 0.1) is 13.2 Å². The molecule has 0 saturated carbocycles. The zero-order valence-corrected chi connectivity index (χ0v) is 14.7. The van der Waals surface area contributed by atoms with Crippen LogP contribution in [0.15, 0.2) is 4.99 Å². The highest BCUT2D eigenvalue weighted by molar-refractivity contribution is 14.0. The first-order valence-corrected chi connectivity index (χ1v) is 6.33. The van der Waals surface area contributed by atoms with Gasteiger partial charge in [-0.25, -0.2) is 0 Å². The van der Waals surface area contributed by atoms with E-state index in [0.29, 0.717) is 12.6 Å². The van der Waals surface area contributed by atoms with Gasteiger partial charge in [0.1, 0.15) is 0 Å². The summed E-state index contributed by atoms with van der Waals surface area (Å²) in [6, 6.07) is 0.564. The summed E-state index contributed by atoms with van der Waals surface area (Å²) >= 11 is 0. The first-order chi connectivity index (χ1) is 8.11. The van der Waals surface area contributed by atoms with Crippen LogP contribution in [0.25, 0.3) is 0 Å². The van der Waals surface area contributed by atoms with Gasteiger partial charge in [-0.15, -0.1) is 24.0 Å². The minimum atomic E-state index is 0. The first kappa shape index (κ1) is 20.2. The second kappa shape index (κ2) is 13.4. The summed E-state index contributed by atoms with van der Waals surface area (Å²) in [5.74, 6) is 0.863. The Morgan fingerprint density at radius 2 is 2.00 bits per heavy atom. The summed E-state index contributed by atoms with van der Waals surface area (Å²) in [5, 5.41) is 6.43. The number of guanidine groups is 1. The quantitative estimate of drug-likeness (QED) is 0.291. The monoisotopic (exact) mass is 372 g/mol. The van der Waals surface area contributed by atoms with Gasteiger partial charge in [-0.1, -0.05) is 0 Å². The Balaban J connectivity index is 0. The molecular weight excluding hydrogens is 343 g/mol. The smallest absolute Gasteiger partial charge is 0.191 e. The third kappa shape index (κ3) is 11.0. The van der Waals surface area contributed by atoms with E-state index in [0.717, 1.165) is 32.1 Å². The maximum Gasteiger partial charge on any atom is 0.191 e. The molecule has 0 aromatic heterocycles. The zero-order chi connectivity index (χ0) is 13.1. The van der Waals surface area contributed by atoms with Gasteiger partial charge in [-0.05, 0) is 27.8 Å². The van der Waals surface area contributed by atoms with Crippen molar-refractivity contribution in [1.82, 2.24) is 15.5 Å². The molecule has 0 aromatic carbocycles. The Hall–Kier alpha value is -0.0800. The minimum absolute atomic E-state index is 0. The predicted octanol–water partition coefficient (Wildman–Crippen LogP) is 1.15. The molecule has 0 aliphatic rings. The summed E-state index contributed by atoms with van der Waals surface area (Å²) in [7, 11) is 3.81. The molecule has 0 atom stereocenters. The van der Waals surface area contributed by atoms with Crippen LogP contribution in [0.5, 0.6) is 0 Å². The molecule has 0 fully saturated rings. The van der Waals surface area contributed by atoms with Crippen molar-refractivity contribution in [1.29, 1.82) is 0 Å². The number of hydrogen-bond acceptors (Lipinski definition) is 3. The standard InChI is InChI=1S/C12H28N4O.HI/c1-6-13-12(15-8-10-17-5)14-7-9-16(4)11(2)3;/h11H,6-10H2,1-5H3,(H2,13,14,15);1H. The van der Waals surface area contributed by atoms with E-state index in [9.17, 15) is 0 Å². The number of methoxy groups -OCH3 is 1. The number of ether oxygens (including phenoxy) is 1. The average molecular weight is 372 g/mol. The van der Waals surface area contributed by atoms with E-state index in [1.54, 1.807) is 7.11 Å². The SMILES string of the molecule is CCNC(=NCCN(C)C(C)C)NCCOC.I. The van der Waals surface area contributed by atoms with Crippen molar-refractivity contribution in [3.05, 3.63) is 0 Å². The van der Waals surface area contributed by atoms with Gasteiger partial charge < -0.3 is 20.3 Å². The molecule has 0 radical (unpaired) electrons. The fraction of sp³-hybridized carbons (Fsp3) is 0.917. The number of halogens is 1. The molecule has 0 aliphatic heterocycles. The summed E-state index contributed by atoms with van der Waals surface area (Å²) in [6.45, 7) is 10.6. The largest absolute Gasteiger partial charge is 0.383 e. The topological polar surface area (TPSA) is 48.9 Å². The van der Waals surface area contributed by atoms with Gasteiger partial charge >= 0.3 is 0 Å². The highest BCUT2D eigenvalue weighted by Gasteiger charge is 2.02. The summed E-state index contributed by atoms with van der Waals surface area (Å²) in [4.78, 5) is 6.78. The number of nitrogens with zero attached hydrogens (tertiary/aromatic N) is 2. The van der Waals surface area contributed by atoms with Crippen molar-refractivity contribution in [2.75, 3.05) is 46.9 Å². The molecule has 0 amide bonds. The van der Waals surface area contributed by atoms with E-state index in [1.165, 1.54) is 0 Å². The molecule has 0 heterocycles. The number of likely N-dealkylation sites (N-methyl/N-ethyl adjacent to an activating group) is 1. The normalized spacial score (nSPS) is 11.6. The third-order valence-electron chi connectivity index (χ3n) is 2.55.